The summed E-state index contributed by atoms with van der Waals surface area (Å²) >= 11 is 0. The molecule has 1 aromatic rings. The van der Waals surface area contributed by atoms with E-state index in [1.54, 1.807) is 0 Å². The van der Waals surface area contributed by atoms with Crippen molar-refractivity contribution in [3.63, 3.8) is 0 Å². The predicted molar refractivity (Wildman–Crippen MR) is 69.0 cm³/mol. The minimum absolute atomic E-state index is 0.296. The van der Waals surface area contributed by atoms with Crippen LogP contribution in [0.15, 0.2) is 17.0 Å². The highest BCUT2D eigenvalue weighted by atomic mass is 35.7. The molecular weight excluding hydrogens is 312 g/mol. The van der Waals surface area contributed by atoms with Gasteiger partial charge in [-0.05, 0) is 30.4 Å². The third-order valence-corrected chi connectivity index (χ3v) is 4.69. The first-order chi connectivity index (χ1) is 9.21. The van der Waals surface area contributed by atoms with E-state index in [1.165, 1.54) is 0 Å². The van der Waals surface area contributed by atoms with E-state index in [1.807, 2.05) is 6.92 Å². The summed E-state index contributed by atoms with van der Waals surface area (Å²) in [7, 11) is 0.644. The van der Waals surface area contributed by atoms with Gasteiger partial charge in [-0.2, -0.15) is 0 Å². The van der Waals surface area contributed by atoms with Crippen molar-refractivity contribution in [1.82, 2.24) is 5.32 Å². The average Bonchev–Trinajstić information content (AvgIpc) is 3.01. The number of hydrogen-bond donors (Lipinski definition) is 1. The number of carbonyl (C=O) groups is 1. The quantitative estimate of drug-likeness (QED) is 0.865. The van der Waals surface area contributed by atoms with E-state index in [9.17, 15) is 22.0 Å². The number of hydrogen-bond acceptors (Lipinski definition) is 3. The summed E-state index contributed by atoms with van der Waals surface area (Å²) in [5.74, 6) is -2.82. The number of carbonyl (C=O) groups excluding carboxylic acids is 1. The second-order valence-corrected chi connectivity index (χ2v) is 7.39. The standard InChI is InChI=1S/C12H12ClF2NO3S/c1-6-4-7(6)5-16-12(17)10-8(14)2-3-9(11(10)15)20(13,18)19/h2-3,6-7H,4-5H2,1H3,(H,16,17). The summed E-state index contributed by atoms with van der Waals surface area (Å²) in [6, 6.07) is 1.39. The highest BCUT2D eigenvalue weighted by molar-refractivity contribution is 8.13. The molecule has 110 valence electrons. The molecule has 2 atom stereocenters. The maximum atomic E-state index is 13.9. The summed E-state index contributed by atoms with van der Waals surface area (Å²) in [5.41, 5.74) is -0.931. The van der Waals surface area contributed by atoms with Gasteiger partial charge >= 0.3 is 0 Å². The van der Waals surface area contributed by atoms with Crippen LogP contribution in [0.25, 0.3) is 0 Å². The number of halogens is 3. The lowest BCUT2D eigenvalue weighted by atomic mass is 10.2. The van der Waals surface area contributed by atoms with Gasteiger partial charge in [0.05, 0.1) is 0 Å². The Kier molecular flexibility index (Phi) is 4.02. The Morgan fingerprint density at radius 2 is 2.05 bits per heavy atom. The molecular formula is C12H12ClF2NO3S. The number of amides is 1. The van der Waals surface area contributed by atoms with Gasteiger partial charge in [0.1, 0.15) is 16.3 Å². The summed E-state index contributed by atoms with van der Waals surface area (Å²) in [6.45, 7) is 2.30. The largest absolute Gasteiger partial charge is 0.352 e. The van der Waals surface area contributed by atoms with Gasteiger partial charge in [-0.3, -0.25) is 4.79 Å². The molecule has 0 spiro atoms. The zero-order valence-electron chi connectivity index (χ0n) is 10.5. The van der Waals surface area contributed by atoms with Gasteiger partial charge in [0.25, 0.3) is 15.0 Å². The lowest BCUT2D eigenvalue weighted by molar-refractivity contribution is 0.0942. The summed E-state index contributed by atoms with van der Waals surface area (Å²) in [4.78, 5) is 10.9. The van der Waals surface area contributed by atoms with Gasteiger partial charge in [-0.25, -0.2) is 17.2 Å². The summed E-state index contributed by atoms with van der Waals surface area (Å²) in [6.07, 6.45) is 0.946. The molecule has 1 saturated carbocycles. The molecule has 0 bridgehead atoms. The Morgan fingerprint density at radius 3 is 2.55 bits per heavy atom. The predicted octanol–water partition coefficient (Wildman–Crippen LogP) is 2.28. The van der Waals surface area contributed by atoms with E-state index < -0.39 is 37.1 Å². The first-order valence-corrected chi connectivity index (χ1v) is 8.23. The maximum absolute atomic E-state index is 13.9. The molecule has 0 radical (unpaired) electrons. The summed E-state index contributed by atoms with van der Waals surface area (Å²) in [5, 5.41) is 2.39. The molecule has 0 aromatic heterocycles. The average molecular weight is 324 g/mol. The van der Waals surface area contributed by atoms with Crippen LogP contribution in [-0.4, -0.2) is 20.9 Å². The third kappa shape index (κ3) is 3.09. The normalized spacial score (nSPS) is 21.6. The second-order valence-electron chi connectivity index (χ2n) is 4.86. The molecule has 0 saturated heterocycles. The van der Waals surface area contributed by atoms with E-state index in [4.69, 9.17) is 10.7 Å². The van der Waals surface area contributed by atoms with Crippen LogP contribution in [0.3, 0.4) is 0 Å². The lowest BCUT2D eigenvalue weighted by Crippen LogP contribution is -2.28. The molecule has 0 heterocycles. The lowest BCUT2D eigenvalue weighted by Gasteiger charge is -2.08. The van der Waals surface area contributed by atoms with Crippen molar-refractivity contribution in [2.75, 3.05) is 6.54 Å². The molecule has 1 amide bonds. The van der Waals surface area contributed by atoms with Crippen molar-refractivity contribution >= 4 is 25.6 Å². The Balaban J connectivity index is 2.28. The van der Waals surface area contributed by atoms with E-state index >= 15 is 0 Å². The monoisotopic (exact) mass is 323 g/mol. The molecule has 2 rings (SSSR count). The van der Waals surface area contributed by atoms with Crippen LogP contribution in [0.1, 0.15) is 23.7 Å². The first-order valence-electron chi connectivity index (χ1n) is 5.92. The van der Waals surface area contributed by atoms with Gasteiger partial charge in [0, 0.05) is 17.2 Å². The maximum Gasteiger partial charge on any atom is 0.264 e. The topological polar surface area (TPSA) is 63.2 Å². The van der Waals surface area contributed by atoms with E-state index in [2.05, 4.69) is 5.32 Å². The van der Waals surface area contributed by atoms with E-state index in [-0.39, 0.29) is 0 Å². The second kappa shape index (κ2) is 5.29. The Hall–Kier alpha value is -1.21. The van der Waals surface area contributed by atoms with Crippen molar-refractivity contribution in [3.8, 4) is 0 Å². The zero-order chi connectivity index (χ0) is 15.1. The molecule has 2 unspecified atom stereocenters. The fourth-order valence-electron chi connectivity index (χ4n) is 1.93. The zero-order valence-corrected chi connectivity index (χ0v) is 12.1. The Labute approximate surface area is 119 Å². The molecule has 1 aromatic carbocycles. The van der Waals surface area contributed by atoms with Gasteiger partial charge in [-0.15, -0.1) is 0 Å². The molecule has 8 heteroatoms. The van der Waals surface area contributed by atoms with Crippen molar-refractivity contribution < 1.29 is 22.0 Å². The minimum atomic E-state index is -4.38. The summed E-state index contributed by atoms with van der Waals surface area (Å²) < 4.78 is 49.7. The van der Waals surface area contributed by atoms with Crippen molar-refractivity contribution in [3.05, 3.63) is 29.3 Å². The molecule has 1 aliphatic rings. The highest BCUT2D eigenvalue weighted by Gasteiger charge is 2.33. The third-order valence-electron chi connectivity index (χ3n) is 3.35. The van der Waals surface area contributed by atoms with Crippen LogP contribution in [0.2, 0.25) is 0 Å². The van der Waals surface area contributed by atoms with Crippen LogP contribution in [0.5, 0.6) is 0 Å². The molecule has 1 fully saturated rings. The van der Waals surface area contributed by atoms with Crippen molar-refractivity contribution in [2.24, 2.45) is 11.8 Å². The molecule has 20 heavy (non-hydrogen) atoms. The van der Waals surface area contributed by atoms with Crippen LogP contribution in [0, 0.1) is 23.5 Å². The number of benzene rings is 1. The van der Waals surface area contributed by atoms with Crippen LogP contribution in [0.4, 0.5) is 8.78 Å². The van der Waals surface area contributed by atoms with Gasteiger partial charge in [0.15, 0.2) is 5.82 Å². The Bertz CT molecular complexity index is 663. The van der Waals surface area contributed by atoms with Crippen LogP contribution >= 0.6 is 10.7 Å². The van der Waals surface area contributed by atoms with E-state index in [0.29, 0.717) is 30.5 Å². The number of rotatable bonds is 4. The highest BCUT2D eigenvalue weighted by Crippen LogP contribution is 2.36. The Morgan fingerprint density at radius 1 is 1.45 bits per heavy atom. The van der Waals surface area contributed by atoms with Gasteiger partial charge in [0.2, 0.25) is 0 Å². The minimum Gasteiger partial charge on any atom is -0.352 e. The van der Waals surface area contributed by atoms with Gasteiger partial charge < -0.3 is 5.32 Å². The SMILES string of the molecule is CC1CC1CNC(=O)c1c(F)ccc(S(=O)(=O)Cl)c1F. The van der Waals surface area contributed by atoms with Crippen molar-refractivity contribution in [1.29, 1.82) is 0 Å². The van der Waals surface area contributed by atoms with Crippen LogP contribution < -0.4 is 5.32 Å². The van der Waals surface area contributed by atoms with E-state index in [0.717, 1.165) is 6.42 Å². The number of nitrogens with one attached hydrogen (secondary N) is 1. The van der Waals surface area contributed by atoms with Crippen LogP contribution in [-0.2, 0) is 9.05 Å². The fraction of sp³-hybridized carbons (Fsp3) is 0.417. The smallest absolute Gasteiger partial charge is 0.264 e. The fourth-order valence-corrected chi connectivity index (χ4v) is 2.83. The molecule has 1 N–H and O–H groups in total. The molecule has 0 aliphatic heterocycles. The first kappa shape index (κ1) is 15.2. The van der Waals surface area contributed by atoms with Gasteiger partial charge in [-0.1, -0.05) is 6.92 Å². The molecule has 1 aliphatic carbocycles. The molecule has 4 nitrogen and oxygen atoms in total. The van der Waals surface area contributed by atoms with Crippen molar-refractivity contribution in [2.45, 2.75) is 18.2 Å².